The minimum atomic E-state index is -0.784. The molecule has 0 saturated heterocycles. The first-order valence-corrected chi connectivity index (χ1v) is 6.71. The van der Waals surface area contributed by atoms with Crippen LogP contribution in [-0.2, 0) is 4.79 Å². The Morgan fingerprint density at radius 3 is 2.55 bits per heavy atom. The van der Waals surface area contributed by atoms with Gasteiger partial charge in [0.05, 0.1) is 20.6 Å². The van der Waals surface area contributed by atoms with E-state index >= 15 is 0 Å². The fourth-order valence-electron chi connectivity index (χ4n) is 2.23. The minimum Gasteiger partial charge on any atom is -0.497 e. The molecule has 5 nitrogen and oxygen atoms in total. The minimum absolute atomic E-state index is 0.0596. The molecule has 0 aliphatic heterocycles. The number of nitrogens with zero attached hydrogens (tertiary/aromatic N) is 1. The molecule has 1 atom stereocenters. The highest BCUT2D eigenvalue weighted by Crippen LogP contribution is 2.32. The highest BCUT2D eigenvalue weighted by atomic mass is 16.5. The van der Waals surface area contributed by atoms with Crippen molar-refractivity contribution in [2.24, 2.45) is 0 Å². The van der Waals surface area contributed by atoms with Gasteiger partial charge in [0.25, 0.3) is 0 Å². The zero-order chi connectivity index (χ0) is 15.1. The molecule has 0 aliphatic carbocycles. The van der Waals surface area contributed by atoms with Crippen LogP contribution in [0.2, 0.25) is 0 Å². The molecule has 0 aromatic heterocycles. The predicted octanol–water partition coefficient (Wildman–Crippen LogP) is 2.56. The van der Waals surface area contributed by atoms with E-state index < -0.39 is 5.97 Å². The van der Waals surface area contributed by atoms with Crippen LogP contribution in [0.1, 0.15) is 31.9 Å². The molecule has 20 heavy (non-hydrogen) atoms. The third kappa shape index (κ3) is 4.13. The zero-order valence-electron chi connectivity index (χ0n) is 12.5. The first-order chi connectivity index (χ1) is 9.53. The molecule has 0 amide bonds. The summed E-state index contributed by atoms with van der Waals surface area (Å²) in [5.41, 5.74) is 0.999. The molecule has 0 bridgehead atoms. The van der Waals surface area contributed by atoms with E-state index in [9.17, 15) is 4.79 Å². The summed E-state index contributed by atoms with van der Waals surface area (Å²) in [6, 6.07) is 5.72. The van der Waals surface area contributed by atoms with Crippen LogP contribution >= 0.6 is 0 Å². The smallest absolute Gasteiger partial charge is 0.304 e. The van der Waals surface area contributed by atoms with Gasteiger partial charge in [-0.2, -0.15) is 0 Å². The summed E-state index contributed by atoms with van der Waals surface area (Å²) < 4.78 is 10.6. The van der Waals surface area contributed by atoms with Gasteiger partial charge in [-0.05, 0) is 31.7 Å². The third-order valence-electron chi connectivity index (χ3n) is 3.45. The molecule has 1 aromatic rings. The number of ether oxygens (including phenoxy) is 2. The molecule has 0 heterocycles. The van der Waals surface area contributed by atoms with E-state index in [1.165, 1.54) is 0 Å². The van der Waals surface area contributed by atoms with Crippen molar-refractivity contribution in [3.63, 3.8) is 0 Å². The number of hydrogen-bond acceptors (Lipinski definition) is 4. The highest BCUT2D eigenvalue weighted by molar-refractivity contribution is 5.66. The van der Waals surface area contributed by atoms with E-state index in [1.807, 2.05) is 32.0 Å². The van der Waals surface area contributed by atoms with Crippen LogP contribution in [-0.4, -0.2) is 43.3 Å². The van der Waals surface area contributed by atoms with E-state index in [0.29, 0.717) is 6.54 Å². The van der Waals surface area contributed by atoms with E-state index in [4.69, 9.17) is 14.6 Å². The maximum absolute atomic E-state index is 10.7. The molecule has 1 N–H and O–H groups in total. The number of carboxylic acid groups (broad SMARTS) is 1. The molecule has 0 saturated carbocycles. The first-order valence-electron chi connectivity index (χ1n) is 6.71. The van der Waals surface area contributed by atoms with Gasteiger partial charge in [0.15, 0.2) is 0 Å². The number of aliphatic carboxylic acids is 1. The van der Waals surface area contributed by atoms with Gasteiger partial charge in [0.1, 0.15) is 11.5 Å². The lowest BCUT2D eigenvalue weighted by molar-refractivity contribution is -0.137. The quantitative estimate of drug-likeness (QED) is 0.793. The second-order valence-electron chi connectivity index (χ2n) is 4.56. The van der Waals surface area contributed by atoms with Gasteiger partial charge < -0.3 is 14.6 Å². The van der Waals surface area contributed by atoms with E-state index in [-0.39, 0.29) is 12.5 Å². The van der Waals surface area contributed by atoms with Gasteiger partial charge in [0, 0.05) is 18.2 Å². The van der Waals surface area contributed by atoms with Crippen molar-refractivity contribution in [1.29, 1.82) is 0 Å². The second kappa shape index (κ2) is 7.75. The number of carboxylic acids is 1. The average molecular weight is 281 g/mol. The van der Waals surface area contributed by atoms with E-state index in [1.54, 1.807) is 14.2 Å². The Balaban J connectivity index is 2.97. The van der Waals surface area contributed by atoms with Crippen molar-refractivity contribution in [3.8, 4) is 11.5 Å². The summed E-state index contributed by atoms with van der Waals surface area (Å²) in [5, 5.41) is 8.82. The first kappa shape index (κ1) is 16.3. The summed E-state index contributed by atoms with van der Waals surface area (Å²) in [5.74, 6) is 0.766. The maximum Gasteiger partial charge on any atom is 0.304 e. The molecule has 0 spiro atoms. The number of rotatable bonds is 8. The third-order valence-corrected chi connectivity index (χ3v) is 3.45. The van der Waals surface area contributed by atoms with Crippen LogP contribution in [0, 0.1) is 0 Å². The number of hydrogen-bond donors (Lipinski definition) is 1. The number of carbonyl (C=O) groups is 1. The van der Waals surface area contributed by atoms with Crippen molar-refractivity contribution >= 4 is 5.97 Å². The van der Waals surface area contributed by atoms with Crippen LogP contribution < -0.4 is 9.47 Å². The van der Waals surface area contributed by atoms with Crippen molar-refractivity contribution in [2.45, 2.75) is 26.3 Å². The Hall–Kier alpha value is -1.75. The SMILES string of the molecule is CCN(CCC(=O)O)C(C)c1cc(OC)ccc1OC. The molecular weight excluding hydrogens is 258 g/mol. The summed E-state index contributed by atoms with van der Waals surface area (Å²) in [7, 11) is 3.25. The molecule has 0 aliphatic rings. The normalized spacial score (nSPS) is 12.2. The zero-order valence-corrected chi connectivity index (χ0v) is 12.5. The molecule has 1 unspecified atom stereocenters. The lowest BCUT2D eigenvalue weighted by Crippen LogP contribution is -2.29. The Morgan fingerprint density at radius 1 is 1.35 bits per heavy atom. The fourth-order valence-corrected chi connectivity index (χ4v) is 2.23. The van der Waals surface area contributed by atoms with Crippen LogP contribution in [0.15, 0.2) is 18.2 Å². The van der Waals surface area contributed by atoms with Gasteiger partial charge in [-0.1, -0.05) is 6.92 Å². The van der Waals surface area contributed by atoms with Gasteiger partial charge >= 0.3 is 5.97 Å². The largest absolute Gasteiger partial charge is 0.497 e. The Morgan fingerprint density at radius 2 is 2.05 bits per heavy atom. The lowest BCUT2D eigenvalue weighted by atomic mass is 10.0. The van der Waals surface area contributed by atoms with Crippen LogP contribution in [0.5, 0.6) is 11.5 Å². The summed E-state index contributed by atoms with van der Waals surface area (Å²) in [4.78, 5) is 12.8. The molecule has 112 valence electrons. The van der Waals surface area contributed by atoms with Gasteiger partial charge in [-0.3, -0.25) is 9.69 Å². The summed E-state index contributed by atoms with van der Waals surface area (Å²) in [6.45, 7) is 5.34. The molecule has 0 radical (unpaired) electrons. The van der Waals surface area contributed by atoms with Gasteiger partial charge in [-0.15, -0.1) is 0 Å². The lowest BCUT2D eigenvalue weighted by Gasteiger charge is -2.28. The Bertz CT molecular complexity index is 447. The molecule has 0 fully saturated rings. The second-order valence-corrected chi connectivity index (χ2v) is 4.56. The molecule has 5 heteroatoms. The van der Waals surface area contributed by atoms with Crippen molar-refractivity contribution < 1.29 is 19.4 Å². The maximum atomic E-state index is 10.7. The Kier molecular flexibility index (Phi) is 6.31. The van der Waals surface area contributed by atoms with E-state index in [0.717, 1.165) is 23.6 Å². The van der Waals surface area contributed by atoms with Crippen molar-refractivity contribution in [2.75, 3.05) is 27.3 Å². The van der Waals surface area contributed by atoms with E-state index in [2.05, 4.69) is 4.90 Å². The van der Waals surface area contributed by atoms with Crippen LogP contribution in [0.25, 0.3) is 0 Å². The fraction of sp³-hybridized carbons (Fsp3) is 0.533. The van der Waals surface area contributed by atoms with Gasteiger partial charge in [0.2, 0.25) is 0 Å². The van der Waals surface area contributed by atoms with Crippen LogP contribution in [0.3, 0.4) is 0 Å². The van der Waals surface area contributed by atoms with Crippen molar-refractivity contribution in [3.05, 3.63) is 23.8 Å². The molecule has 1 rings (SSSR count). The number of methoxy groups -OCH3 is 2. The van der Waals surface area contributed by atoms with Gasteiger partial charge in [-0.25, -0.2) is 0 Å². The van der Waals surface area contributed by atoms with Crippen molar-refractivity contribution in [1.82, 2.24) is 4.90 Å². The topological polar surface area (TPSA) is 59.0 Å². The number of benzene rings is 1. The standard InChI is InChI=1S/C15H23NO4/c1-5-16(9-8-15(17)18)11(2)13-10-12(19-3)6-7-14(13)20-4/h6-7,10-11H,5,8-9H2,1-4H3,(H,17,18). The highest BCUT2D eigenvalue weighted by Gasteiger charge is 2.19. The predicted molar refractivity (Wildman–Crippen MR) is 77.5 cm³/mol. The Labute approximate surface area is 120 Å². The molecule has 1 aromatic carbocycles. The van der Waals surface area contributed by atoms with Crippen LogP contribution in [0.4, 0.5) is 0 Å². The monoisotopic (exact) mass is 281 g/mol. The summed E-state index contributed by atoms with van der Waals surface area (Å²) in [6.07, 6.45) is 0.129. The average Bonchev–Trinajstić information content (AvgIpc) is 2.46. The summed E-state index contributed by atoms with van der Waals surface area (Å²) >= 11 is 0. The molecular formula is C15H23NO4.